The van der Waals surface area contributed by atoms with Gasteiger partial charge in [-0.25, -0.2) is 14.6 Å². The van der Waals surface area contributed by atoms with Crippen LogP contribution in [0.15, 0.2) is 49.1 Å². The molecule has 0 fully saturated rings. The number of nitrogens with one attached hydrogen (secondary N) is 2. The lowest BCUT2D eigenvalue weighted by molar-refractivity contribution is -0.142. The lowest BCUT2D eigenvalue weighted by Gasteiger charge is -2.17. The SMILES string of the molecule is COC(=O)[C@H](Cc1ccccc1)NC(=O)NCCCn1ccnc1. The molecule has 24 heavy (non-hydrogen) atoms. The van der Waals surface area contributed by atoms with Crippen molar-refractivity contribution in [2.45, 2.75) is 25.4 Å². The second kappa shape index (κ2) is 9.34. The van der Waals surface area contributed by atoms with Crippen molar-refractivity contribution < 1.29 is 14.3 Å². The number of imidazole rings is 1. The first kappa shape index (κ1) is 17.5. The summed E-state index contributed by atoms with van der Waals surface area (Å²) in [6.45, 7) is 1.27. The predicted octanol–water partition coefficient (Wildman–Crippen LogP) is 1.36. The van der Waals surface area contributed by atoms with Crippen LogP contribution in [0.3, 0.4) is 0 Å². The molecule has 2 rings (SSSR count). The Labute approximate surface area is 141 Å². The molecule has 0 saturated carbocycles. The second-order valence-corrected chi connectivity index (χ2v) is 5.32. The predicted molar refractivity (Wildman–Crippen MR) is 89.3 cm³/mol. The maximum atomic E-state index is 12.0. The summed E-state index contributed by atoms with van der Waals surface area (Å²) in [5.74, 6) is -0.465. The van der Waals surface area contributed by atoms with Crippen molar-refractivity contribution in [2.75, 3.05) is 13.7 Å². The number of hydrogen-bond donors (Lipinski definition) is 2. The van der Waals surface area contributed by atoms with Crippen LogP contribution in [0.2, 0.25) is 0 Å². The molecule has 1 aromatic carbocycles. The molecule has 0 aliphatic rings. The number of ether oxygens (including phenoxy) is 1. The zero-order valence-corrected chi connectivity index (χ0v) is 13.6. The highest BCUT2D eigenvalue weighted by molar-refractivity contribution is 5.83. The molecular formula is C17H22N4O3. The fourth-order valence-electron chi connectivity index (χ4n) is 2.28. The van der Waals surface area contributed by atoms with Crippen molar-refractivity contribution in [3.63, 3.8) is 0 Å². The van der Waals surface area contributed by atoms with E-state index in [0.717, 1.165) is 18.5 Å². The molecule has 0 unspecified atom stereocenters. The average molecular weight is 330 g/mol. The summed E-state index contributed by atoms with van der Waals surface area (Å²) >= 11 is 0. The Bertz CT molecular complexity index is 629. The molecule has 2 N–H and O–H groups in total. The van der Waals surface area contributed by atoms with E-state index >= 15 is 0 Å². The van der Waals surface area contributed by atoms with Gasteiger partial charge in [-0.2, -0.15) is 0 Å². The van der Waals surface area contributed by atoms with E-state index < -0.39 is 12.0 Å². The van der Waals surface area contributed by atoms with Crippen LogP contribution in [-0.4, -0.2) is 41.2 Å². The van der Waals surface area contributed by atoms with Crippen LogP contribution < -0.4 is 10.6 Å². The minimum atomic E-state index is -0.717. The quantitative estimate of drug-likeness (QED) is 0.565. The summed E-state index contributed by atoms with van der Waals surface area (Å²) in [6, 6.07) is 8.39. The topological polar surface area (TPSA) is 85.2 Å². The molecular weight excluding hydrogens is 308 g/mol. The van der Waals surface area contributed by atoms with Gasteiger partial charge in [0.25, 0.3) is 0 Å². The lowest BCUT2D eigenvalue weighted by atomic mass is 10.1. The van der Waals surface area contributed by atoms with Gasteiger partial charge in [0.05, 0.1) is 13.4 Å². The van der Waals surface area contributed by atoms with Crippen molar-refractivity contribution in [1.29, 1.82) is 0 Å². The fourth-order valence-corrected chi connectivity index (χ4v) is 2.28. The number of methoxy groups -OCH3 is 1. The third-order valence-corrected chi connectivity index (χ3v) is 3.51. The number of aromatic nitrogens is 2. The Morgan fingerprint density at radius 1 is 1.29 bits per heavy atom. The van der Waals surface area contributed by atoms with Crippen LogP contribution in [0, 0.1) is 0 Å². The molecule has 1 aromatic heterocycles. The molecule has 0 saturated heterocycles. The van der Waals surface area contributed by atoms with E-state index in [4.69, 9.17) is 4.74 Å². The van der Waals surface area contributed by atoms with E-state index in [1.54, 1.807) is 12.5 Å². The van der Waals surface area contributed by atoms with E-state index in [1.165, 1.54) is 7.11 Å². The lowest BCUT2D eigenvalue weighted by Crippen LogP contribution is -2.47. The van der Waals surface area contributed by atoms with Gasteiger partial charge in [0.1, 0.15) is 6.04 Å². The molecule has 0 spiro atoms. The van der Waals surface area contributed by atoms with Gasteiger partial charge in [0, 0.05) is 31.9 Å². The van der Waals surface area contributed by atoms with Crippen LogP contribution in [0.25, 0.3) is 0 Å². The number of benzene rings is 1. The first-order valence-corrected chi connectivity index (χ1v) is 7.81. The van der Waals surface area contributed by atoms with Crippen molar-refractivity contribution in [3.05, 3.63) is 54.6 Å². The van der Waals surface area contributed by atoms with Crippen molar-refractivity contribution in [2.24, 2.45) is 0 Å². The van der Waals surface area contributed by atoms with Gasteiger partial charge in [0.15, 0.2) is 0 Å². The minimum Gasteiger partial charge on any atom is -0.467 e. The number of aryl methyl sites for hydroxylation is 1. The molecule has 7 nitrogen and oxygen atoms in total. The Kier molecular flexibility index (Phi) is 6.82. The highest BCUT2D eigenvalue weighted by Crippen LogP contribution is 2.04. The van der Waals surface area contributed by atoms with E-state index in [2.05, 4.69) is 15.6 Å². The van der Waals surface area contributed by atoms with E-state index in [0.29, 0.717) is 13.0 Å². The highest BCUT2D eigenvalue weighted by atomic mass is 16.5. The van der Waals surface area contributed by atoms with Crippen LogP contribution in [-0.2, 0) is 22.5 Å². The fraction of sp³-hybridized carbons (Fsp3) is 0.353. The van der Waals surface area contributed by atoms with Crippen molar-refractivity contribution in [1.82, 2.24) is 20.2 Å². The minimum absolute atomic E-state index is 0.382. The maximum absolute atomic E-state index is 12.0. The van der Waals surface area contributed by atoms with E-state index in [9.17, 15) is 9.59 Å². The number of hydrogen-bond acceptors (Lipinski definition) is 4. The molecule has 2 amide bonds. The summed E-state index contributed by atoms with van der Waals surface area (Å²) in [4.78, 5) is 27.8. The summed E-state index contributed by atoms with van der Waals surface area (Å²) in [7, 11) is 1.31. The van der Waals surface area contributed by atoms with Crippen LogP contribution >= 0.6 is 0 Å². The number of nitrogens with zero attached hydrogens (tertiary/aromatic N) is 2. The summed E-state index contributed by atoms with van der Waals surface area (Å²) in [5, 5.41) is 5.41. The first-order chi connectivity index (χ1) is 11.7. The molecule has 0 aliphatic carbocycles. The number of carbonyl (C=O) groups is 2. The Morgan fingerprint density at radius 3 is 2.75 bits per heavy atom. The van der Waals surface area contributed by atoms with E-state index in [-0.39, 0.29) is 6.03 Å². The molecule has 0 bridgehead atoms. The molecule has 1 heterocycles. The molecule has 2 aromatic rings. The second-order valence-electron chi connectivity index (χ2n) is 5.32. The van der Waals surface area contributed by atoms with Gasteiger partial charge >= 0.3 is 12.0 Å². The van der Waals surface area contributed by atoms with Gasteiger partial charge < -0.3 is 19.9 Å². The Balaban J connectivity index is 1.77. The maximum Gasteiger partial charge on any atom is 0.328 e. The monoisotopic (exact) mass is 330 g/mol. The third kappa shape index (κ3) is 5.75. The van der Waals surface area contributed by atoms with Crippen LogP contribution in [0.5, 0.6) is 0 Å². The normalized spacial score (nSPS) is 11.5. The first-order valence-electron chi connectivity index (χ1n) is 7.81. The number of carbonyl (C=O) groups excluding carboxylic acids is 2. The summed E-state index contributed by atoms with van der Waals surface area (Å²) < 4.78 is 6.71. The van der Waals surface area contributed by atoms with Gasteiger partial charge in [0.2, 0.25) is 0 Å². The van der Waals surface area contributed by atoms with Crippen molar-refractivity contribution in [3.8, 4) is 0 Å². The molecule has 128 valence electrons. The van der Waals surface area contributed by atoms with Crippen LogP contribution in [0.4, 0.5) is 4.79 Å². The van der Waals surface area contributed by atoms with Gasteiger partial charge in [-0.15, -0.1) is 0 Å². The van der Waals surface area contributed by atoms with E-state index in [1.807, 2.05) is 41.1 Å². The van der Waals surface area contributed by atoms with Crippen molar-refractivity contribution >= 4 is 12.0 Å². The van der Waals surface area contributed by atoms with Gasteiger partial charge in [-0.3, -0.25) is 0 Å². The standard InChI is InChI=1S/C17H22N4O3/c1-24-16(22)15(12-14-6-3-2-4-7-14)20-17(23)19-8-5-10-21-11-9-18-13-21/h2-4,6-7,9,11,13,15H,5,8,10,12H2,1H3,(H2,19,20,23)/t15-/m0/s1. The van der Waals surface area contributed by atoms with Crippen LogP contribution in [0.1, 0.15) is 12.0 Å². The zero-order chi connectivity index (χ0) is 17.2. The number of amides is 2. The number of esters is 1. The zero-order valence-electron chi connectivity index (χ0n) is 13.6. The molecule has 7 heteroatoms. The van der Waals surface area contributed by atoms with Gasteiger partial charge in [-0.1, -0.05) is 30.3 Å². The molecule has 0 aliphatic heterocycles. The molecule has 0 radical (unpaired) electrons. The third-order valence-electron chi connectivity index (χ3n) is 3.51. The Morgan fingerprint density at radius 2 is 2.08 bits per heavy atom. The molecule has 1 atom stereocenters. The summed E-state index contributed by atoms with van der Waals surface area (Å²) in [5.41, 5.74) is 0.952. The summed E-state index contributed by atoms with van der Waals surface area (Å²) in [6.07, 6.45) is 6.46. The number of urea groups is 1. The number of rotatable bonds is 8. The Hall–Kier alpha value is -2.83. The highest BCUT2D eigenvalue weighted by Gasteiger charge is 2.21. The van der Waals surface area contributed by atoms with Gasteiger partial charge in [-0.05, 0) is 12.0 Å². The largest absolute Gasteiger partial charge is 0.467 e. The average Bonchev–Trinajstić information content (AvgIpc) is 3.12. The smallest absolute Gasteiger partial charge is 0.328 e.